The molecule has 0 aliphatic carbocycles. The molecule has 0 aliphatic rings. The van der Waals surface area contributed by atoms with E-state index >= 15 is 0 Å². The molecular weight excluding hydrogens is 280 g/mol. The molecular formula is C21H30N2. The van der Waals surface area contributed by atoms with Crippen molar-refractivity contribution in [2.24, 2.45) is 10.9 Å². The maximum absolute atomic E-state index is 5.58. The Morgan fingerprint density at radius 1 is 1.39 bits per heavy atom. The fourth-order valence-electron chi connectivity index (χ4n) is 2.51. The number of amidine groups is 1. The Morgan fingerprint density at radius 3 is 2.52 bits per heavy atom. The summed E-state index contributed by atoms with van der Waals surface area (Å²) in [6, 6.07) is 6.57. The van der Waals surface area contributed by atoms with E-state index in [1.807, 2.05) is 19.0 Å². The summed E-state index contributed by atoms with van der Waals surface area (Å²) >= 11 is 0. The van der Waals surface area contributed by atoms with Gasteiger partial charge in [-0.05, 0) is 54.7 Å². The molecule has 0 bridgehead atoms. The molecule has 0 aromatic heterocycles. The molecule has 1 aromatic carbocycles. The first kappa shape index (κ1) is 19.0. The molecule has 0 fully saturated rings. The van der Waals surface area contributed by atoms with Crippen molar-refractivity contribution in [3.8, 4) is 12.3 Å². The van der Waals surface area contributed by atoms with Gasteiger partial charge >= 0.3 is 0 Å². The lowest BCUT2D eigenvalue weighted by atomic mass is 9.70. The van der Waals surface area contributed by atoms with Gasteiger partial charge < -0.3 is 4.90 Å². The number of benzene rings is 1. The third-order valence-corrected chi connectivity index (χ3v) is 4.70. The zero-order valence-electron chi connectivity index (χ0n) is 15.6. The maximum atomic E-state index is 5.58. The van der Waals surface area contributed by atoms with Crippen LogP contribution < -0.4 is 0 Å². The van der Waals surface area contributed by atoms with E-state index in [9.17, 15) is 0 Å². The fraction of sp³-hybridized carbons (Fsp3) is 0.476. The topological polar surface area (TPSA) is 15.6 Å². The summed E-state index contributed by atoms with van der Waals surface area (Å²) in [5.74, 6) is 3.83. The maximum Gasteiger partial charge on any atom is 0.180 e. The van der Waals surface area contributed by atoms with Crippen molar-refractivity contribution in [1.82, 2.24) is 4.90 Å². The summed E-state index contributed by atoms with van der Waals surface area (Å²) in [5.41, 5.74) is 3.49. The summed E-state index contributed by atoms with van der Waals surface area (Å²) in [7, 11) is 3.84. The van der Waals surface area contributed by atoms with Gasteiger partial charge in [0, 0.05) is 14.1 Å². The van der Waals surface area contributed by atoms with Gasteiger partial charge in [0.05, 0.1) is 5.69 Å². The fourth-order valence-corrected chi connectivity index (χ4v) is 2.51. The van der Waals surface area contributed by atoms with Crippen molar-refractivity contribution in [1.29, 1.82) is 0 Å². The Balaban J connectivity index is 3.41. The van der Waals surface area contributed by atoms with E-state index in [0.717, 1.165) is 17.7 Å². The minimum Gasteiger partial charge on any atom is -0.356 e. The highest BCUT2D eigenvalue weighted by Crippen LogP contribution is 2.38. The van der Waals surface area contributed by atoms with Gasteiger partial charge in [-0.25, -0.2) is 4.99 Å². The van der Waals surface area contributed by atoms with Crippen molar-refractivity contribution in [2.45, 2.75) is 46.5 Å². The second kappa shape index (κ2) is 8.02. The average Bonchev–Trinajstić information content (AvgIpc) is 2.51. The van der Waals surface area contributed by atoms with E-state index < -0.39 is 0 Å². The molecule has 2 heteroatoms. The lowest BCUT2D eigenvalue weighted by molar-refractivity contribution is 0.341. The van der Waals surface area contributed by atoms with Crippen LogP contribution in [0.15, 0.2) is 35.3 Å². The molecule has 0 saturated heterocycles. The standard InChI is InChI=1S/C21H30N2/c1-9-11-14-21(6,16(3)4)18-13-12-17(5)19(15-18)22-20(10-2)23(7)8/h2,9,11-13,15-16H,14H2,1,3-8H3/b11-9-,22-20?. The van der Waals surface area contributed by atoms with Crippen LogP contribution in [-0.2, 0) is 5.41 Å². The van der Waals surface area contributed by atoms with E-state index in [1.165, 1.54) is 5.56 Å². The van der Waals surface area contributed by atoms with E-state index in [1.54, 1.807) is 0 Å². The van der Waals surface area contributed by atoms with E-state index in [-0.39, 0.29) is 5.41 Å². The Bertz CT molecular complexity index is 630. The highest BCUT2D eigenvalue weighted by atomic mass is 15.1. The molecule has 1 rings (SSSR count). The number of hydrogen-bond acceptors (Lipinski definition) is 1. The van der Waals surface area contributed by atoms with Crippen LogP contribution in [0.4, 0.5) is 5.69 Å². The molecule has 0 saturated carbocycles. The van der Waals surface area contributed by atoms with Crippen LogP contribution in [-0.4, -0.2) is 24.8 Å². The number of nitrogens with zero attached hydrogens (tertiary/aromatic N) is 2. The molecule has 0 spiro atoms. The summed E-state index contributed by atoms with van der Waals surface area (Å²) in [6.07, 6.45) is 11.0. The third-order valence-electron chi connectivity index (χ3n) is 4.70. The Morgan fingerprint density at radius 2 is 2.04 bits per heavy atom. The summed E-state index contributed by atoms with van der Waals surface area (Å²) in [4.78, 5) is 6.55. The van der Waals surface area contributed by atoms with Crippen molar-refractivity contribution < 1.29 is 0 Å². The van der Waals surface area contributed by atoms with Crippen LogP contribution in [0.2, 0.25) is 0 Å². The van der Waals surface area contributed by atoms with Gasteiger partial charge in [-0.2, -0.15) is 0 Å². The smallest absolute Gasteiger partial charge is 0.180 e. The van der Waals surface area contributed by atoms with Gasteiger partial charge in [0.2, 0.25) is 0 Å². The van der Waals surface area contributed by atoms with Crippen LogP contribution >= 0.6 is 0 Å². The molecule has 0 radical (unpaired) electrons. The third kappa shape index (κ3) is 4.48. The van der Waals surface area contributed by atoms with E-state index in [4.69, 9.17) is 6.42 Å². The molecule has 0 heterocycles. The highest BCUT2D eigenvalue weighted by Gasteiger charge is 2.29. The number of aliphatic imine (C=N–C) groups is 1. The van der Waals surface area contributed by atoms with Crippen molar-refractivity contribution in [3.63, 3.8) is 0 Å². The summed E-state index contributed by atoms with van der Waals surface area (Å²) < 4.78 is 0. The normalized spacial score (nSPS) is 14.8. The number of terminal acetylenes is 1. The quantitative estimate of drug-likeness (QED) is 0.320. The second-order valence-electron chi connectivity index (χ2n) is 6.82. The summed E-state index contributed by atoms with van der Waals surface area (Å²) in [5, 5.41) is 0. The molecule has 0 amide bonds. The number of aryl methyl sites for hydroxylation is 1. The first-order valence-corrected chi connectivity index (χ1v) is 8.21. The largest absolute Gasteiger partial charge is 0.356 e. The Kier molecular flexibility index (Phi) is 6.63. The molecule has 1 aromatic rings. The zero-order valence-corrected chi connectivity index (χ0v) is 15.6. The van der Waals surface area contributed by atoms with Gasteiger partial charge in [-0.15, -0.1) is 6.42 Å². The predicted octanol–water partition coefficient (Wildman–Crippen LogP) is 5.10. The van der Waals surface area contributed by atoms with E-state index in [2.05, 4.69) is 75.9 Å². The van der Waals surface area contributed by atoms with Gasteiger partial charge in [-0.3, -0.25) is 0 Å². The minimum atomic E-state index is 0.0822. The van der Waals surface area contributed by atoms with Crippen molar-refractivity contribution >= 4 is 11.5 Å². The van der Waals surface area contributed by atoms with Crippen LogP contribution in [0.5, 0.6) is 0 Å². The molecule has 124 valence electrons. The molecule has 0 N–H and O–H groups in total. The number of allylic oxidation sites excluding steroid dienone is 2. The first-order chi connectivity index (χ1) is 10.8. The molecule has 1 unspecified atom stereocenters. The first-order valence-electron chi connectivity index (χ1n) is 8.21. The van der Waals surface area contributed by atoms with Crippen LogP contribution in [0.3, 0.4) is 0 Å². The monoisotopic (exact) mass is 310 g/mol. The predicted molar refractivity (Wildman–Crippen MR) is 102 cm³/mol. The Labute approximate surface area is 142 Å². The number of hydrogen-bond donors (Lipinski definition) is 0. The Hall–Kier alpha value is -2.01. The minimum absolute atomic E-state index is 0.0822. The molecule has 1 atom stereocenters. The molecule has 2 nitrogen and oxygen atoms in total. The lowest BCUT2D eigenvalue weighted by Gasteiger charge is -2.34. The average molecular weight is 310 g/mol. The molecule has 0 aliphatic heterocycles. The highest BCUT2D eigenvalue weighted by molar-refractivity contribution is 5.99. The van der Waals surface area contributed by atoms with Gasteiger partial charge in [0.15, 0.2) is 5.84 Å². The summed E-state index contributed by atoms with van der Waals surface area (Å²) in [6.45, 7) is 11.0. The van der Waals surface area contributed by atoms with Crippen LogP contribution in [0.1, 0.15) is 45.2 Å². The van der Waals surface area contributed by atoms with E-state index in [0.29, 0.717) is 11.8 Å². The molecule has 23 heavy (non-hydrogen) atoms. The van der Waals surface area contributed by atoms with Gasteiger partial charge in [0.1, 0.15) is 0 Å². The zero-order chi connectivity index (χ0) is 17.6. The SMILES string of the molecule is C#CC(=Nc1cc(C(C)(C/C=C\C)C(C)C)ccc1C)N(C)C. The second-order valence-corrected chi connectivity index (χ2v) is 6.82. The van der Waals surface area contributed by atoms with Crippen molar-refractivity contribution in [2.75, 3.05) is 14.1 Å². The van der Waals surface area contributed by atoms with Crippen LogP contribution in [0, 0.1) is 25.2 Å². The number of rotatable bonds is 5. The van der Waals surface area contributed by atoms with Gasteiger partial charge in [0.25, 0.3) is 0 Å². The van der Waals surface area contributed by atoms with Crippen LogP contribution in [0.25, 0.3) is 0 Å². The lowest BCUT2D eigenvalue weighted by Crippen LogP contribution is -2.28. The van der Waals surface area contributed by atoms with Crippen molar-refractivity contribution in [3.05, 3.63) is 41.5 Å². The van der Waals surface area contributed by atoms with Gasteiger partial charge in [-0.1, -0.05) is 45.1 Å².